The molecule has 0 amide bonds. The molecule has 4 rings (SSSR count). The predicted octanol–water partition coefficient (Wildman–Crippen LogP) is 5.21. The minimum absolute atomic E-state index is 0.232. The van der Waals surface area contributed by atoms with Crippen LogP contribution in [0.15, 0.2) is 6.07 Å². The van der Waals surface area contributed by atoms with Crippen LogP contribution in [0, 0.1) is 17.8 Å². The SMILES string of the molecule is Nc1cc(N2CCN(CCS(=O)(=O)O)CC2)nc(NCC2CCC(CCCCCCC3CCCCC3)CC2)n1. The molecule has 1 aliphatic heterocycles. The van der Waals surface area contributed by atoms with Crippen molar-refractivity contribution in [2.75, 3.05) is 61.0 Å². The van der Waals surface area contributed by atoms with Gasteiger partial charge in [0.05, 0.1) is 5.75 Å². The molecule has 1 saturated heterocycles. The maximum absolute atomic E-state index is 11.0. The lowest BCUT2D eigenvalue weighted by atomic mass is 9.79. The summed E-state index contributed by atoms with van der Waals surface area (Å²) in [5, 5.41) is 3.45. The average molecular weight is 565 g/mol. The van der Waals surface area contributed by atoms with Gasteiger partial charge in [0.15, 0.2) is 0 Å². The van der Waals surface area contributed by atoms with Crippen LogP contribution in [0.3, 0.4) is 0 Å². The first-order valence-electron chi connectivity index (χ1n) is 15.6. The Labute approximate surface area is 236 Å². The maximum Gasteiger partial charge on any atom is 0.266 e. The molecule has 0 radical (unpaired) electrons. The van der Waals surface area contributed by atoms with Crippen molar-refractivity contribution in [3.8, 4) is 0 Å². The third-order valence-corrected chi connectivity index (χ3v) is 10.0. The van der Waals surface area contributed by atoms with E-state index in [4.69, 9.17) is 15.3 Å². The predicted molar refractivity (Wildman–Crippen MR) is 160 cm³/mol. The summed E-state index contributed by atoms with van der Waals surface area (Å²) >= 11 is 0. The molecule has 0 bridgehead atoms. The molecule has 0 spiro atoms. The standard InChI is InChI=1S/C29H52N6O3S/c30-27-22-28(35-18-16-34(17-19-35)20-21-39(36,37)38)33-29(32-27)31-23-26-14-12-25(13-15-26)11-5-2-1-4-8-24-9-6-3-7-10-24/h22,24-26H,1-21,23H2,(H,36,37,38)(H3,30,31,32,33). The van der Waals surface area contributed by atoms with E-state index in [0.717, 1.165) is 37.3 Å². The Hall–Kier alpha value is -1.65. The first-order valence-corrected chi connectivity index (χ1v) is 17.3. The number of aromatic nitrogens is 2. The van der Waals surface area contributed by atoms with Gasteiger partial charge in [0, 0.05) is 45.3 Å². The van der Waals surface area contributed by atoms with Crippen molar-refractivity contribution in [2.24, 2.45) is 17.8 Å². The zero-order valence-corrected chi connectivity index (χ0v) is 24.7. The number of unbranched alkanes of at least 4 members (excludes halogenated alkanes) is 3. The molecule has 4 N–H and O–H groups in total. The number of rotatable bonds is 14. The van der Waals surface area contributed by atoms with E-state index in [-0.39, 0.29) is 5.75 Å². The summed E-state index contributed by atoms with van der Waals surface area (Å²) in [6.07, 6.45) is 21.2. The van der Waals surface area contributed by atoms with Gasteiger partial charge < -0.3 is 16.0 Å². The van der Waals surface area contributed by atoms with Crippen LogP contribution in [0.4, 0.5) is 17.6 Å². The van der Waals surface area contributed by atoms with Crippen LogP contribution >= 0.6 is 0 Å². The number of hydrogen-bond donors (Lipinski definition) is 3. The van der Waals surface area contributed by atoms with E-state index in [1.807, 2.05) is 4.90 Å². The van der Waals surface area contributed by atoms with Gasteiger partial charge in [0.25, 0.3) is 10.1 Å². The number of anilines is 3. The van der Waals surface area contributed by atoms with Crippen LogP contribution in [0.25, 0.3) is 0 Å². The normalized spacial score (nSPS) is 23.7. The summed E-state index contributed by atoms with van der Waals surface area (Å²) in [6.45, 7) is 4.11. The second-order valence-electron chi connectivity index (χ2n) is 12.4. The van der Waals surface area contributed by atoms with Gasteiger partial charge in [-0.2, -0.15) is 18.4 Å². The molecule has 0 unspecified atom stereocenters. The number of nitrogens with one attached hydrogen (secondary N) is 1. The van der Waals surface area contributed by atoms with E-state index in [1.54, 1.807) is 6.07 Å². The molecule has 2 saturated carbocycles. The van der Waals surface area contributed by atoms with E-state index >= 15 is 0 Å². The Morgan fingerprint density at radius 1 is 0.846 bits per heavy atom. The van der Waals surface area contributed by atoms with E-state index in [9.17, 15) is 8.42 Å². The summed E-state index contributed by atoms with van der Waals surface area (Å²) < 4.78 is 31.0. The van der Waals surface area contributed by atoms with E-state index in [1.165, 1.54) is 96.3 Å². The van der Waals surface area contributed by atoms with Crippen molar-refractivity contribution in [3.05, 3.63) is 6.07 Å². The fourth-order valence-corrected chi connectivity index (χ4v) is 7.28. The second kappa shape index (κ2) is 15.4. The van der Waals surface area contributed by atoms with Gasteiger partial charge >= 0.3 is 0 Å². The first-order chi connectivity index (χ1) is 18.8. The molecular weight excluding hydrogens is 512 g/mol. The average Bonchev–Trinajstić information content (AvgIpc) is 2.93. The zero-order chi connectivity index (χ0) is 27.5. The molecule has 3 aliphatic rings. The lowest BCUT2D eigenvalue weighted by molar-refractivity contribution is 0.265. The van der Waals surface area contributed by atoms with Gasteiger partial charge in [-0.1, -0.05) is 83.5 Å². The van der Waals surface area contributed by atoms with Gasteiger partial charge in [0.1, 0.15) is 11.6 Å². The molecule has 9 nitrogen and oxygen atoms in total. The van der Waals surface area contributed by atoms with Crippen LogP contribution in [0.5, 0.6) is 0 Å². The van der Waals surface area contributed by atoms with Crippen molar-refractivity contribution < 1.29 is 13.0 Å². The molecule has 0 atom stereocenters. The molecule has 2 heterocycles. The van der Waals surface area contributed by atoms with Gasteiger partial charge in [0.2, 0.25) is 5.95 Å². The molecule has 10 heteroatoms. The number of nitrogens with zero attached hydrogens (tertiary/aromatic N) is 4. The number of nitrogen functional groups attached to an aromatic ring is 1. The highest BCUT2D eigenvalue weighted by Gasteiger charge is 2.23. The molecule has 1 aromatic heterocycles. The van der Waals surface area contributed by atoms with Crippen LogP contribution in [-0.4, -0.2) is 72.9 Å². The lowest BCUT2D eigenvalue weighted by Crippen LogP contribution is -2.48. The van der Waals surface area contributed by atoms with Crippen molar-refractivity contribution in [1.29, 1.82) is 0 Å². The fraction of sp³-hybridized carbons (Fsp3) is 0.862. The Kier molecular flexibility index (Phi) is 12.0. The van der Waals surface area contributed by atoms with Crippen molar-refractivity contribution >= 4 is 27.7 Å². The van der Waals surface area contributed by atoms with Crippen molar-refractivity contribution in [1.82, 2.24) is 14.9 Å². The van der Waals surface area contributed by atoms with Crippen LogP contribution in [0.2, 0.25) is 0 Å². The molecule has 39 heavy (non-hydrogen) atoms. The maximum atomic E-state index is 11.0. The highest BCUT2D eigenvalue weighted by Crippen LogP contribution is 2.33. The van der Waals surface area contributed by atoms with Crippen LogP contribution in [-0.2, 0) is 10.1 Å². The van der Waals surface area contributed by atoms with Gasteiger partial charge in [-0.3, -0.25) is 9.45 Å². The Morgan fingerprint density at radius 3 is 2.10 bits per heavy atom. The molecular formula is C29H52N6O3S. The summed E-state index contributed by atoms with van der Waals surface area (Å²) in [4.78, 5) is 13.4. The van der Waals surface area contributed by atoms with Crippen LogP contribution in [0.1, 0.15) is 96.3 Å². The topological polar surface area (TPSA) is 125 Å². The highest BCUT2D eigenvalue weighted by atomic mass is 32.2. The number of piperazine rings is 1. The van der Waals surface area contributed by atoms with Gasteiger partial charge in [-0.25, -0.2) is 0 Å². The Balaban J connectivity index is 1.09. The molecule has 1 aromatic rings. The molecule has 0 aromatic carbocycles. The van der Waals surface area contributed by atoms with Gasteiger partial charge in [-0.05, 0) is 30.6 Å². The largest absolute Gasteiger partial charge is 0.383 e. The van der Waals surface area contributed by atoms with Crippen molar-refractivity contribution in [2.45, 2.75) is 96.3 Å². The lowest BCUT2D eigenvalue weighted by Gasteiger charge is -2.35. The quantitative estimate of drug-likeness (QED) is 0.206. The van der Waals surface area contributed by atoms with E-state index in [2.05, 4.69) is 15.2 Å². The number of hydrogen-bond acceptors (Lipinski definition) is 8. The molecule has 222 valence electrons. The zero-order valence-electron chi connectivity index (χ0n) is 23.9. The summed E-state index contributed by atoms with van der Waals surface area (Å²) in [5.41, 5.74) is 6.11. The van der Waals surface area contributed by atoms with E-state index < -0.39 is 10.1 Å². The molecule has 3 fully saturated rings. The minimum Gasteiger partial charge on any atom is -0.383 e. The number of nitrogens with two attached hydrogens (primary N) is 1. The minimum atomic E-state index is -3.93. The van der Waals surface area contributed by atoms with E-state index in [0.29, 0.717) is 37.3 Å². The summed E-state index contributed by atoms with van der Waals surface area (Å²) in [5.74, 6) is 4.23. The van der Waals surface area contributed by atoms with Crippen LogP contribution < -0.4 is 16.0 Å². The second-order valence-corrected chi connectivity index (χ2v) is 13.9. The highest BCUT2D eigenvalue weighted by molar-refractivity contribution is 7.85. The third kappa shape index (κ3) is 11.0. The van der Waals surface area contributed by atoms with Crippen molar-refractivity contribution in [3.63, 3.8) is 0 Å². The summed E-state index contributed by atoms with van der Waals surface area (Å²) in [7, 11) is -3.93. The Morgan fingerprint density at radius 2 is 1.46 bits per heavy atom. The fourth-order valence-electron chi connectivity index (χ4n) is 6.79. The smallest absolute Gasteiger partial charge is 0.266 e. The summed E-state index contributed by atoms with van der Waals surface area (Å²) in [6, 6.07) is 1.81. The monoisotopic (exact) mass is 564 g/mol. The van der Waals surface area contributed by atoms with Gasteiger partial charge in [-0.15, -0.1) is 0 Å². The first kappa shape index (κ1) is 30.3. The Bertz CT molecular complexity index is 956. The third-order valence-electron chi connectivity index (χ3n) is 9.31. The molecule has 2 aliphatic carbocycles.